The summed E-state index contributed by atoms with van der Waals surface area (Å²) in [6, 6.07) is 21.6. The molecule has 0 spiro atoms. The molecule has 6 nitrogen and oxygen atoms in total. The first-order valence-electron chi connectivity index (χ1n) is 10.5. The summed E-state index contributed by atoms with van der Waals surface area (Å²) < 4.78 is 0. The van der Waals surface area contributed by atoms with E-state index in [2.05, 4.69) is 0 Å². The molecule has 3 atom stereocenters. The van der Waals surface area contributed by atoms with Crippen LogP contribution in [0.2, 0.25) is 10.0 Å². The van der Waals surface area contributed by atoms with Crippen LogP contribution in [0.3, 0.4) is 0 Å². The molecular formula is C25H21Cl2N3O3. The van der Waals surface area contributed by atoms with Gasteiger partial charge in [-0.25, -0.2) is 9.96 Å². The van der Waals surface area contributed by atoms with Crippen LogP contribution in [0.5, 0.6) is 0 Å². The van der Waals surface area contributed by atoms with Gasteiger partial charge in [0.15, 0.2) is 6.10 Å². The number of anilines is 3. The second-order valence-electron chi connectivity index (χ2n) is 8.25. The van der Waals surface area contributed by atoms with Crippen molar-refractivity contribution in [2.75, 3.05) is 29.0 Å². The zero-order valence-corrected chi connectivity index (χ0v) is 19.5. The van der Waals surface area contributed by atoms with Gasteiger partial charge in [-0.05, 0) is 48.0 Å². The monoisotopic (exact) mass is 481 g/mol. The van der Waals surface area contributed by atoms with Gasteiger partial charge in [0.05, 0.1) is 27.5 Å². The van der Waals surface area contributed by atoms with E-state index in [4.69, 9.17) is 28.0 Å². The normalized spacial score (nSPS) is 22.1. The molecule has 0 saturated carbocycles. The van der Waals surface area contributed by atoms with Crippen LogP contribution in [-0.2, 0) is 14.4 Å². The molecule has 2 saturated heterocycles. The van der Waals surface area contributed by atoms with Gasteiger partial charge in [0, 0.05) is 19.8 Å². The van der Waals surface area contributed by atoms with E-state index in [9.17, 15) is 9.59 Å². The first-order valence-corrected chi connectivity index (χ1v) is 11.2. The number of fused-ring (bicyclic) bond motifs is 1. The minimum Gasteiger partial charge on any atom is -0.378 e. The lowest BCUT2D eigenvalue weighted by Crippen LogP contribution is -2.37. The van der Waals surface area contributed by atoms with Crippen LogP contribution < -0.4 is 14.9 Å². The molecular weight excluding hydrogens is 461 g/mol. The lowest BCUT2D eigenvalue weighted by atomic mass is 9.90. The number of para-hydroxylation sites is 1. The Morgan fingerprint density at radius 3 is 2.15 bits per heavy atom. The van der Waals surface area contributed by atoms with Crippen molar-refractivity contribution >= 4 is 52.1 Å². The lowest BCUT2D eigenvalue weighted by Gasteiger charge is -2.29. The standard InChI is InChI=1S/C25H21Cl2N3O3/c1-28(2)16-10-8-15(9-11-16)22-21-23(33-30(22)17-6-4-3-5-7-17)25(32)29(24(21)31)18-12-13-19(26)20(27)14-18/h3-14,21-23H,1-2H3/t21-,22-,23-/m1/s1. The van der Waals surface area contributed by atoms with E-state index >= 15 is 0 Å². The summed E-state index contributed by atoms with van der Waals surface area (Å²) in [6.45, 7) is 0. The summed E-state index contributed by atoms with van der Waals surface area (Å²) in [5, 5.41) is 2.31. The number of hydroxylamine groups is 1. The molecule has 0 radical (unpaired) electrons. The Labute approximate surface area is 201 Å². The number of rotatable bonds is 4. The van der Waals surface area contributed by atoms with Gasteiger partial charge in [-0.1, -0.05) is 53.5 Å². The third-order valence-electron chi connectivity index (χ3n) is 6.04. The molecule has 8 heteroatoms. The third-order valence-corrected chi connectivity index (χ3v) is 6.78. The van der Waals surface area contributed by atoms with E-state index in [1.807, 2.05) is 73.6 Å². The van der Waals surface area contributed by atoms with Crippen LogP contribution in [0.4, 0.5) is 17.1 Å². The van der Waals surface area contributed by atoms with Gasteiger partial charge >= 0.3 is 0 Å². The Morgan fingerprint density at radius 1 is 0.818 bits per heavy atom. The topological polar surface area (TPSA) is 53.1 Å². The van der Waals surface area contributed by atoms with Crippen molar-refractivity contribution in [2.45, 2.75) is 12.1 Å². The molecule has 0 unspecified atom stereocenters. The number of amides is 2. The Morgan fingerprint density at radius 2 is 1.52 bits per heavy atom. The SMILES string of the molecule is CN(C)c1ccc([C@@H]2[C@H]3C(=O)N(c4ccc(Cl)c(Cl)c4)C(=O)[C@@H]3ON2c2ccccc2)cc1. The number of nitrogens with zero attached hydrogens (tertiary/aromatic N) is 3. The van der Waals surface area contributed by atoms with Gasteiger partial charge in [-0.3, -0.25) is 14.4 Å². The number of hydrogen-bond donors (Lipinski definition) is 0. The van der Waals surface area contributed by atoms with Gasteiger partial charge < -0.3 is 4.90 Å². The highest BCUT2D eigenvalue weighted by Gasteiger charge is 2.60. The Bertz CT molecular complexity index is 1220. The van der Waals surface area contributed by atoms with Crippen LogP contribution in [-0.4, -0.2) is 32.0 Å². The molecule has 5 rings (SSSR count). The van der Waals surface area contributed by atoms with E-state index in [0.29, 0.717) is 10.7 Å². The maximum atomic E-state index is 13.6. The molecule has 2 aliphatic heterocycles. The smallest absolute Gasteiger partial charge is 0.266 e. The summed E-state index contributed by atoms with van der Waals surface area (Å²) in [7, 11) is 3.93. The predicted molar refractivity (Wildman–Crippen MR) is 130 cm³/mol. The number of halogens is 2. The number of benzene rings is 3. The molecule has 2 fully saturated rings. The summed E-state index contributed by atoms with van der Waals surface area (Å²) >= 11 is 12.2. The van der Waals surface area contributed by atoms with Gasteiger partial charge in [-0.2, -0.15) is 0 Å². The fourth-order valence-electron chi connectivity index (χ4n) is 4.40. The van der Waals surface area contributed by atoms with Gasteiger partial charge in [0.2, 0.25) is 5.91 Å². The highest BCUT2D eigenvalue weighted by Crippen LogP contribution is 2.48. The summed E-state index contributed by atoms with van der Waals surface area (Å²) in [6.07, 6.45) is -0.939. The minimum absolute atomic E-state index is 0.273. The van der Waals surface area contributed by atoms with Crippen LogP contribution in [0.1, 0.15) is 11.6 Å². The summed E-state index contributed by atoms with van der Waals surface area (Å²) in [4.78, 5) is 36.3. The van der Waals surface area contributed by atoms with Crippen LogP contribution >= 0.6 is 23.2 Å². The van der Waals surface area contributed by atoms with Crippen molar-refractivity contribution < 1.29 is 14.4 Å². The molecule has 0 aromatic heterocycles. The Balaban J connectivity index is 1.57. The quantitative estimate of drug-likeness (QED) is 0.484. The van der Waals surface area contributed by atoms with Crippen LogP contribution in [0.25, 0.3) is 0 Å². The summed E-state index contributed by atoms with van der Waals surface area (Å²) in [5.74, 6) is -1.46. The van der Waals surface area contributed by atoms with Gasteiger partial charge in [-0.15, -0.1) is 0 Å². The minimum atomic E-state index is -0.939. The second-order valence-corrected chi connectivity index (χ2v) is 9.07. The molecule has 3 aromatic rings. The molecule has 0 bridgehead atoms. The van der Waals surface area contributed by atoms with Crippen molar-refractivity contribution in [1.82, 2.24) is 0 Å². The molecule has 2 amide bonds. The molecule has 0 N–H and O–H groups in total. The molecule has 168 valence electrons. The number of carbonyl (C=O) groups excluding carboxylic acids is 2. The van der Waals surface area contributed by atoms with E-state index in [-0.39, 0.29) is 10.9 Å². The molecule has 2 heterocycles. The first kappa shape index (κ1) is 21.8. The molecule has 33 heavy (non-hydrogen) atoms. The highest BCUT2D eigenvalue weighted by molar-refractivity contribution is 6.42. The zero-order chi connectivity index (χ0) is 23.3. The van der Waals surface area contributed by atoms with E-state index in [1.54, 1.807) is 17.2 Å². The predicted octanol–water partition coefficient (Wildman–Crippen LogP) is 5.11. The number of imide groups is 1. The lowest BCUT2D eigenvalue weighted by molar-refractivity contribution is -0.126. The second kappa shape index (κ2) is 8.37. The van der Waals surface area contributed by atoms with Crippen molar-refractivity contribution in [3.63, 3.8) is 0 Å². The van der Waals surface area contributed by atoms with Crippen molar-refractivity contribution in [3.8, 4) is 0 Å². The van der Waals surface area contributed by atoms with E-state index < -0.39 is 24.0 Å². The van der Waals surface area contributed by atoms with Crippen molar-refractivity contribution in [2.24, 2.45) is 5.92 Å². The Kier molecular flexibility index (Phi) is 5.52. The number of hydrogen-bond acceptors (Lipinski definition) is 5. The van der Waals surface area contributed by atoms with E-state index in [1.165, 1.54) is 6.07 Å². The molecule has 2 aliphatic rings. The average molecular weight is 482 g/mol. The average Bonchev–Trinajstić information content (AvgIpc) is 3.32. The van der Waals surface area contributed by atoms with Gasteiger partial charge in [0.1, 0.15) is 5.92 Å². The van der Waals surface area contributed by atoms with Crippen molar-refractivity contribution in [3.05, 3.63) is 88.4 Å². The maximum Gasteiger partial charge on any atom is 0.266 e. The fourth-order valence-corrected chi connectivity index (χ4v) is 4.69. The van der Waals surface area contributed by atoms with Gasteiger partial charge in [0.25, 0.3) is 5.91 Å². The van der Waals surface area contributed by atoms with Crippen LogP contribution in [0, 0.1) is 5.92 Å². The largest absolute Gasteiger partial charge is 0.378 e. The van der Waals surface area contributed by atoms with Crippen LogP contribution in [0.15, 0.2) is 72.8 Å². The fraction of sp³-hybridized carbons (Fsp3) is 0.200. The Hall–Kier alpha value is -3.06. The summed E-state index contributed by atoms with van der Waals surface area (Å²) in [5.41, 5.74) is 3.07. The van der Waals surface area contributed by atoms with E-state index in [0.717, 1.165) is 21.8 Å². The first-order chi connectivity index (χ1) is 15.9. The molecule has 0 aliphatic carbocycles. The number of carbonyl (C=O) groups is 2. The highest BCUT2D eigenvalue weighted by atomic mass is 35.5. The zero-order valence-electron chi connectivity index (χ0n) is 18.0. The third kappa shape index (κ3) is 3.64. The van der Waals surface area contributed by atoms with Crippen molar-refractivity contribution in [1.29, 1.82) is 0 Å². The molecule has 3 aromatic carbocycles. The maximum absolute atomic E-state index is 13.6.